The average molecular weight is 1540 g/mol. The number of benzene rings is 13. The molecule has 1 fully saturated rings. The molecule has 0 radical (unpaired) electrons. The van der Waals surface area contributed by atoms with Crippen molar-refractivity contribution in [3.63, 3.8) is 0 Å². The molecule has 3 heteroatoms. The normalized spacial score (nSPS) is 13.0. The van der Waals surface area contributed by atoms with Crippen molar-refractivity contribution in [1.29, 1.82) is 0 Å². The average Bonchev–Trinajstić information content (AvgIpc) is 0.824. The fourth-order valence-electron chi connectivity index (χ4n) is 18.9. The summed E-state index contributed by atoms with van der Waals surface area (Å²) < 4.78 is 33.6. The maximum atomic E-state index is 9.06. The van der Waals surface area contributed by atoms with Gasteiger partial charge in [0.1, 0.15) is 21.1 Å². The maximum absolute atomic E-state index is 9.06. The van der Waals surface area contributed by atoms with Gasteiger partial charge in [-0.3, -0.25) is 0 Å². The van der Waals surface area contributed by atoms with Crippen LogP contribution in [0, 0.1) is 111 Å². The van der Waals surface area contributed by atoms with Crippen molar-refractivity contribution in [1.82, 2.24) is 0 Å². The molecule has 0 amide bonds. The minimum atomic E-state index is 0.0743. The molecule has 0 unspecified atom stereocenters. The second-order valence-corrected chi connectivity index (χ2v) is 36.9. The summed E-state index contributed by atoms with van der Waals surface area (Å²) in [7, 11) is 6.32. The summed E-state index contributed by atoms with van der Waals surface area (Å²) in [5.74, 6) is 2.13. The lowest BCUT2D eigenvalue weighted by Gasteiger charge is -2.22. The Kier molecular flexibility index (Phi) is 22.1. The Labute approximate surface area is 704 Å². The number of hydrogen-bond donors (Lipinski definition) is 0. The number of pyridine rings is 3. The smallest absolute Gasteiger partial charge is 0.198 e. The Morgan fingerprint density at radius 2 is 0.735 bits per heavy atom. The van der Waals surface area contributed by atoms with Crippen molar-refractivity contribution in [3.05, 3.63) is 311 Å². The van der Waals surface area contributed by atoms with Crippen LogP contribution in [0.1, 0.15) is 233 Å². The molecule has 0 N–H and O–H groups in total. The van der Waals surface area contributed by atoms with E-state index in [9.17, 15) is 0 Å². The van der Waals surface area contributed by atoms with Gasteiger partial charge in [-0.25, -0.2) is 0 Å². The van der Waals surface area contributed by atoms with Crippen LogP contribution in [0.15, 0.2) is 194 Å². The minimum Gasteiger partial charge on any atom is -0.198 e. The molecule has 0 aliphatic heterocycles. The topological polar surface area (TPSA) is 11.6 Å². The predicted octanol–water partition coefficient (Wildman–Crippen LogP) is 30.4. The Bertz CT molecular complexity index is 6750. The van der Waals surface area contributed by atoms with Crippen LogP contribution >= 0.6 is 0 Å². The van der Waals surface area contributed by atoms with Crippen molar-refractivity contribution in [2.75, 3.05) is 0 Å². The molecule has 0 saturated heterocycles. The van der Waals surface area contributed by atoms with E-state index in [1.807, 2.05) is 0 Å². The van der Waals surface area contributed by atoms with Crippen molar-refractivity contribution in [3.8, 4) is 44.9 Å². The first kappa shape index (κ1) is 78.9. The van der Waals surface area contributed by atoms with E-state index in [1.165, 1.54) is 230 Å². The summed E-state index contributed by atoms with van der Waals surface area (Å²) in [4.78, 5) is 0. The summed E-state index contributed by atoms with van der Waals surface area (Å²) in [5, 5.41) is 19.4. The number of rotatable bonds is 8. The van der Waals surface area contributed by atoms with Gasteiger partial charge in [-0.15, -0.1) is 0 Å². The van der Waals surface area contributed by atoms with Gasteiger partial charge >= 0.3 is 0 Å². The third kappa shape index (κ3) is 15.5. The van der Waals surface area contributed by atoms with Crippen LogP contribution in [0.25, 0.3) is 131 Å². The molecule has 3 nitrogen and oxygen atoms in total. The van der Waals surface area contributed by atoms with Crippen molar-refractivity contribution >= 4 is 86.2 Å². The third-order valence-corrected chi connectivity index (χ3v) is 27.1. The first-order valence-electron chi connectivity index (χ1n) is 44.7. The first-order chi connectivity index (χ1) is 56.8. The van der Waals surface area contributed by atoms with Crippen LogP contribution in [0.4, 0.5) is 0 Å². The summed E-state index contributed by atoms with van der Waals surface area (Å²) in [6, 6.07) is 67.4. The fourth-order valence-corrected chi connectivity index (χ4v) is 18.9. The van der Waals surface area contributed by atoms with E-state index in [-0.39, 0.29) is 5.41 Å². The van der Waals surface area contributed by atoms with E-state index in [0.717, 1.165) is 44.0 Å². The molecule has 1 saturated carbocycles. The molecule has 0 atom stereocenters. The summed E-state index contributed by atoms with van der Waals surface area (Å²) in [5.41, 5.74) is 37.8. The van der Waals surface area contributed by atoms with Gasteiger partial charge in [0.25, 0.3) is 0 Å². The first-order valence-corrected chi connectivity index (χ1v) is 43.2. The number of aromatic nitrogens is 3. The highest BCUT2D eigenvalue weighted by molar-refractivity contribution is 6.17. The van der Waals surface area contributed by atoms with Crippen LogP contribution in [-0.4, -0.2) is 0 Å². The van der Waals surface area contributed by atoms with Crippen LogP contribution in [0.5, 0.6) is 0 Å². The number of aryl methyl sites for hydroxylation is 7. The Hall–Kier alpha value is -10.6. The van der Waals surface area contributed by atoms with Crippen LogP contribution in [0.2, 0.25) is 0 Å². The second kappa shape index (κ2) is 32.7. The molecule has 16 aromatic rings. The molecule has 13 aromatic carbocycles. The fraction of sp³-hybridized carbons (Fsp3) is 0.325. The maximum Gasteiger partial charge on any atom is 0.220 e. The standard InChI is InChI=1S/C30H36N.C29H32.C28H30N.C27H30N/c1-18(2)23-11-10-22-12-13-25-28(27(22)16-23)15-20(4)31(9)29(25)26-17-24(30(6,7)8)14-19(3)21(26)5;1-16(2)24-10-9-23-11-12-25-28(26-14-17(3)13-18(4)19(26)5)21(7)20(6)22(8)29(25)27(23)15-24;1-18-15-23(21-9-5-6-10-21)17-26(20(18)3)28-25-14-13-22-11-7-8-12-24(22)27(25)16-19(2)29(28)4;1-16(2)21-9-8-10-22-23(21)11-12-24-26(22)15-19(5)28(7)27(24)25-14-17(3)13-18(4)20(25)6/h10-18H,1-9H3;9-16H,1-8H3;7-8,11-17,21H,5-6,9-10H2,1-4H3;8-16H,1-7H3/q+1;;2*+1/i15D;;16D;15D. The van der Waals surface area contributed by atoms with Crippen LogP contribution in [-0.2, 0) is 26.6 Å². The van der Waals surface area contributed by atoms with Crippen LogP contribution < -0.4 is 13.7 Å². The minimum absolute atomic E-state index is 0.0743. The quantitative estimate of drug-likeness (QED) is 0.106. The zero-order valence-corrected chi connectivity index (χ0v) is 75.7. The van der Waals surface area contributed by atoms with Gasteiger partial charge in [0.15, 0.2) is 17.1 Å². The van der Waals surface area contributed by atoms with Gasteiger partial charge in [0.05, 0.1) is 37.0 Å². The predicted molar refractivity (Wildman–Crippen MR) is 509 cm³/mol. The molecular weight excluding hydrogens is 1410 g/mol. The molecule has 117 heavy (non-hydrogen) atoms. The highest BCUT2D eigenvalue weighted by Gasteiger charge is 2.30. The molecule has 3 heterocycles. The summed E-state index contributed by atoms with van der Waals surface area (Å²) in [6.07, 6.45) is 5.32. The Morgan fingerprint density at radius 3 is 1.26 bits per heavy atom. The SMILES string of the molecule is Cc1cc(C)c(C)c(-c2c(C)c(C)c(C)c3c2ccc2ccc(C(C)C)cc23)c1.[2H]c1c(C)[n+](C)c(-c2cc(C(C)(C)C)cc(C)c2C)c2ccc3ccc(C(C)C)cc3c12.[2H]c1c(C)[n+](C)c(-c2cc(C)cc(C)c2C)c2ccc3c(C(C)C)cccc3c12.[2H]c1c(C)[n+](C)c(-c2cc(C3CCCC3)cc(C)c2C)c2ccc3ccccc3c12. The van der Waals surface area contributed by atoms with E-state index in [2.05, 4.69) is 384 Å². The lowest BCUT2D eigenvalue weighted by molar-refractivity contribution is -0.665. The molecule has 17 rings (SSSR count). The Balaban J connectivity index is 0.000000131. The molecule has 0 spiro atoms. The van der Waals surface area contributed by atoms with Gasteiger partial charge in [-0.2, -0.15) is 13.7 Å². The molecule has 1 aliphatic carbocycles. The molecule has 596 valence electrons. The zero-order valence-electron chi connectivity index (χ0n) is 78.7. The van der Waals surface area contributed by atoms with Gasteiger partial charge in [0, 0.05) is 55.1 Å². The monoisotopic (exact) mass is 1540 g/mol. The molecule has 3 aromatic heterocycles. The van der Waals surface area contributed by atoms with Crippen molar-refractivity contribution in [2.45, 2.75) is 228 Å². The van der Waals surface area contributed by atoms with Gasteiger partial charge in [-0.05, 0) is 322 Å². The van der Waals surface area contributed by atoms with Crippen molar-refractivity contribution < 1.29 is 17.8 Å². The van der Waals surface area contributed by atoms with Gasteiger partial charge < -0.3 is 0 Å². The van der Waals surface area contributed by atoms with Gasteiger partial charge in [0.2, 0.25) is 17.1 Å². The highest BCUT2D eigenvalue weighted by atomic mass is 15.0. The van der Waals surface area contributed by atoms with E-state index in [1.54, 1.807) is 0 Å². The van der Waals surface area contributed by atoms with Crippen molar-refractivity contribution in [2.24, 2.45) is 21.1 Å². The second-order valence-electron chi connectivity index (χ2n) is 36.9. The molecule has 0 bridgehead atoms. The lowest BCUT2D eigenvalue weighted by Crippen LogP contribution is -2.35. The number of hydrogen-bond acceptors (Lipinski definition) is 0. The Morgan fingerprint density at radius 1 is 0.325 bits per heavy atom. The molecular formula is C114H128N3+3. The van der Waals surface area contributed by atoms with E-state index in [0.29, 0.717) is 41.8 Å². The number of fused-ring (bicyclic) bond motifs is 12. The largest absolute Gasteiger partial charge is 0.220 e. The zero-order chi connectivity index (χ0) is 86.6. The van der Waals surface area contributed by atoms with E-state index in [4.69, 9.17) is 4.11 Å². The van der Waals surface area contributed by atoms with E-state index < -0.39 is 0 Å². The summed E-state index contributed by atoms with van der Waals surface area (Å²) in [6.45, 7) is 55.6. The number of nitrogens with zero attached hydrogens (tertiary/aromatic N) is 3. The lowest BCUT2D eigenvalue weighted by atomic mass is 9.82. The van der Waals surface area contributed by atoms with E-state index >= 15 is 0 Å². The molecule has 1 aliphatic rings. The van der Waals surface area contributed by atoms with Crippen LogP contribution in [0.3, 0.4) is 0 Å². The third-order valence-electron chi connectivity index (χ3n) is 27.1. The highest BCUT2D eigenvalue weighted by Crippen LogP contribution is 2.46. The van der Waals surface area contributed by atoms with Gasteiger partial charge in [-0.1, -0.05) is 226 Å². The summed E-state index contributed by atoms with van der Waals surface area (Å²) >= 11 is 0.